The zero-order valence-corrected chi connectivity index (χ0v) is 16.2. The number of anilines is 1. The first-order valence-corrected chi connectivity index (χ1v) is 8.31. The van der Waals surface area contributed by atoms with Gasteiger partial charge in [0.25, 0.3) is 0 Å². The van der Waals surface area contributed by atoms with E-state index in [0.29, 0.717) is 5.41 Å². The van der Waals surface area contributed by atoms with Gasteiger partial charge in [-0.3, -0.25) is 0 Å². The molecule has 0 N–H and O–H groups in total. The number of fused-ring (bicyclic) bond motifs is 3. The summed E-state index contributed by atoms with van der Waals surface area (Å²) >= 11 is 0. The first kappa shape index (κ1) is 16.6. The van der Waals surface area contributed by atoms with Crippen molar-refractivity contribution in [1.82, 2.24) is 0 Å². The second kappa shape index (κ2) is 6.00. The Kier molecular flexibility index (Phi) is 4.33. The molecule has 0 aromatic heterocycles. The monoisotopic (exact) mass is 482 g/mol. The summed E-state index contributed by atoms with van der Waals surface area (Å²) in [6, 6.07) is 20.6. The molecule has 0 atom stereocenters. The Morgan fingerprint density at radius 1 is 0.913 bits per heavy atom. The summed E-state index contributed by atoms with van der Waals surface area (Å²) < 4.78 is 0. The van der Waals surface area contributed by atoms with E-state index in [-0.39, 0.29) is 25.6 Å². The quantitative estimate of drug-likeness (QED) is 0.514. The fourth-order valence-electron chi connectivity index (χ4n) is 3.93. The topological polar surface area (TPSA) is 3.24 Å². The van der Waals surface area contributed by atoms with Gasteiger partial charge in [-0.2, -0.15) is 18.2 Å². The molecule has 2 aliphatic heterocycles. The van der Waals surface area contributed by atoms with Gasteiger partial charge in [-0.15, -0.1) is 11.6 Å². The average Bonchev–Trinajstić information content (AvgIpc) is 2.57. The number of piperidine rings is 2. The molecule has 3 aliphatic rings. The van der Waals surface area contributed by atoms with E-state index in [1.165, 1.54) is 42.5 Å². The van der Waals surface area contributed by atoms with Crippen molar-refractivity contribution in [2.24, 2.45) is 5.41 Å². The maximum absolute atomic E-state index is 3.53. The molecular weight excluding hydrogens is 458 g/mol. The van der Waals surface area contributed by atoms with Crippen LogP contribution in [0.5, 0.6) is 0 Å². The molecule has 1 nitrogen and oxygen atoms in total. The zero-order valence-electron chi connectivity index (χ0n) is 13.8. The Balaban J connectivity index is 0.00000156. The van der Waals surface area contributed by atoms with E-state index in [0.717, 1.165) is 0 Å². The third-order valence-electron chi connectivity index (χ3n) is 5.65. The summed E-state index contributed by atoms with van der Waals surface area (Å²) in [6.45, 7) is 7.27. The van der Waals surface area contributed by atoms with Crippen LogP contribution in [0.2, 0.25) is 0 Å². The SMILES string of the molecule is CC12[CH+]N(c3[c-]cc(-c4ccccc4)cc3)C(C)(CC1)CC2.[Ir]. The van der Waals surface area contributed by atoms with Crippen molar-refractivity contribution in [3.8, 4) is 11.1 Å². The van der Waals surface area contributed by atoms with Crippen molar-refractivity contribution in [2.75, 3.05) is 4.90 Å². The summed E-state index contributed by atoms with van der Waals surface area (Å²) in [5, 5.41) is 0. The molecule has 2 bridgehead atoms. The molecule has 0 amide bonds. The first-order chi connectivity index (χ1) is 10.6. The Labute approximate surface area is 153 Å². The molecule has 2 heterocycles. The summed E-state index contributed by atoms with van der Waals surface area (Å²) in [6.07, 6.45) is 5.22. The molecule has 0 unspecified atom stereocenters. The van der Waals surface area contributed by atoms with E-state index in [1.54, 1.807) is 0 Å². The number of hydrogen-bond acceptors (Lipinski definition) is 1. The van der Waals surface area contributed by atoms with Gasteiger partial charge >= 0.3 is 0 Å². The zero-order chi connectivity index (χ0) is 15.2. The molecule has 1 saturated carbocycles. The van der Waals surface area contributed by atoms with E-state index in [4.69, 9.17) is 0 Å². The van der Waals surface area contributed by atoms with Crippen molar-refractivity contribution in [3.05, 3.63) is 61.1 Å². The summed E-state index contributed by atoms with van der Waals surface area (Å²) in [4.78, 5) is 2.49. The van der Waals surface area contributed by atoms with Gasteiger partial charge in [0.2, 0.25) is 0 Å². The van der Waals surface area contributed by atoms with Gasteiger partial charge in [0.05, 0.1) is 5.54 Å². The molecule has 23 heavy (non-hydrogen) atoms. The van der Waals surface area contributed by atoms with Crippen molar-refractivity contribution >= 4 is 5.69 Å². The van der Waals surface area contributed by atoms with Crippen molar-refractivity contribution in [2.45, 2.75) is 45.1 Å². The first-order valence-electron chi connectivity index (χ1n) is 8.31. The fourth-order valence-corrected chi connectivity index (χ4v) is 3.93. The van der Waals surface area contributed by atoms with E-state index in [1.807, 2.05) is 0 Å². The minimum absolute atomic E-state index is 0. The molecule has 5 rings (SSSR count). The maximum atomic E-state index is 3.53. The predicted molar refractivity (Wildman–Crippen MR) is 92.5 cm³/mol. The number of benzene rings is 2. The van der Waals surface area contributed by atoms with Crippen LogP contribution in [0, 0.1) is 18.0 Å². The molecule has 121 valence electrons. The predicted octanol–water partition coefficient (Wildman–Crippen LogP) is 5.47. The smallest absolute Gasteiger partial charge is 0.187 e. The van der Waals surface area contributed by atoms with Crippen LogP contribution in [0.15, 0.2) is 48.5 Å². The second-order valence-corrected chi connectivity index (χ2v) is 7.48. The Morgan fingerprint density at radius 2 is 1.61 bits per heavy atom. The normalized spacial score (nSPS) is 28.9. The van der Waals surface area contributed by atoms with Gasteiger partial charge in [-0.1, -0.05) is 35.9 Å². The third-order valence-corrected chi connectivity index (χ3v) is 5.65. The van der Waals surface area contributed by atoms with E-state index in [2.05, 4.69) is 79.9 Å². The van der Waals surface area contributed by atoms with Gasteiger partial charge in [0.1, 0.15) is 5.41 Å². The Hall–Kier alpha value is -1.24. The van der Waals surface area contributed by atoms with Crippen LogP contribution in [0.25, 0.3) is 11.1 Å². The molecule has 2 saturated heterocycles. The number of rotatable bonds is 2. The molecular formula is C21H23IrN. The number of nitrogens with zero attached hydrogens (tertiary/aromatic N) is 1. The van der Waals surface area contributed by atoms with Crippen LogP contribution in [-0.2, 0) is 20.1 Å². The Morgan fingerprint density at radius 3 is 2.22 bits per heavy atom. The Bertz CT molecular complexity index is 654. The van der Waals surface area contributed by atoms with Crippen LogP contribution in [0.4, 0.5) is 5.69 Å². The minimum atomic E-state index is 0. The summed E-state index contributed by atoms with van der Waals surface area (Å²) in [7, 11) is 0. The summed E-state index contributed by atoms with van der Waals surface area (Å²) in [5.74, 6) is 0. The van der Waals surface area contributed by atoms with Gasteiger partial charge in [0, 0.05) is 20.1 Å². The van der Waals surface area contributed by atoms with E-state index in [9.17, 15) is 0 Å². The van der Waals surface area contributed by atoms with Crippen molar-refractivity contribution in [1.29, 1.82) is 0 Å². The van der Waals surface area contributed by atoms with Crippen molar-refractivity contribution in [3.63, 3.8) is 0 Å². The molecule has 1 aliphatic carbocycles. The average molecular weight is 482 g/mol. The fraction of sp³-hybridized carbons (Fsp3) is 0.381. The largest absolute Gasteiger partial charge is 0.233 e. The van der Waals surface area contributed by atoms with Crippen LogP contribution in [0.3, 0.4) is 0 Å². The molecule has 2 heteroatoms. The molecule has 0 spiro atoms. The maximum Gasteiger partial charge on any atom is 0.187 e. The molecule has 2 aromatic carbocycles. The van der Waals surface area contributed by atoms with Gasteiger partial charge in [0.15, 0.2) is 6.54 Å². The number of hydrogen-bond donors (Lipinski definition) is 0. The van der Waals surface area contributed by atoms with Gasteiger partial charge < -0.3 is 0 Å². The standard InChI is InChI=1S/C21H23N.Ir/c1-20-12-14-21(2,15-13-20)22(16-20)19-10-8-18(9-11-19)17-6-4-3-5-7-17;/h3-10,16H,12-15H2,1-2H3;. The second-order valence-electron chi connectivity index (χ2n) is 7.48. The third kappa shape index (κ3) is 2.95. The van der Waals surface area contributed by atoms with Crippen LogP contribution >= 0.6 is 0 Å². The summed E-state index contributed by atoms with van der Waals surface area (Å²) in [5.41, 5.74) is 4.37. The van der Waals surface area contributed by atoms with E-state index >= 15 is 0 Å². The molecule has 2 aromatic rings. The van der Waals surface area contributed by atoms with Crippen molar-refractivity contribution < 1.29 is 20.1 Å². The minimum Gasteiger partial charge on any atom is -0.233 e. The molecule has 1 radical (unpaired) electrons. The van der Waals surface area contributed by atoms with Crippen LogP contribution in [0.1, 0.15) is 39.5 Å². The van der Waals surface area contributed by atoms with Crippen LogP contribution in [-0.4, -0.2) is 5.54 Å². The van der Waals surface area contributed by atoms with E-state index < -0.39 is 0 Å². The van der Waals surface area contributed by atoms with Crippen LogP contribution < -0.4 is 4.90 Å². The van der Waals surface area contributed by atoms with Gasteiger partial charge in [-0.25, -0.2) is 4.90 Å². The molecule has 3 fully saturated rings. The van der Waals surface area contributed by atoms with Gasteiger partial charge in [-0.05, 0) is 45.2 Å².